The molecule has 5 nitrogen and oxygen atoms in total. The van der Waals surface area contributed by atoms with E-state index in [1.54, 1.807) is 4.57 Å². The summed E-state index contributed by atoms with van der Waals surface area (Å²) in [5.74, 6) is 0. The van der Waals surface area contributed by atoms with Crippen LogP contribution in [0.3, 0.4) is 0 Å². The summed E-state index contributed by atoms with van der Waals surface area (Å²) in [6.07, 6.45) is 0. The number of para-hydroxylation sites is 5. The van der Waals surface area contributed by atoms with E-state index in [1.807, 2.05) is 140 Å². The van der Waals surface area contributed by atoms with Crippen molar-refractivity contribution in [2.75, 3.05) is 14.7 Å². The fourth-order valence-corrected chi connectivity index (χ4v) is 16.3. The van der Waals surface area contributed by atoms with Gasteiger partial charge in [-0.2, -0.15) is 0 Å². The average Bonchev–Trinajstić information content (AvgIpc) is 1.24. The van der Waals surface area contributed by atoms with E-state index in [-0.39, 0.29) is 33.1 Å². The van der Waals surface area contributed by atoms with Gasteiger partial charge in [0.1, 0.15) is 0 Å². The highest BCUT2D eigenvalue weighted by atomic mass is 15.2. The maximum absolute atomic E-state index is 10.2. The number of hydrogen-bond donors (Lipinski definition) is 0. The number of rotatable bonds is 12. The lowest BCUT2D eigenvalue weighted by molar-refractivity contribution is 0.591. The zero-order chi connectivity index (χ0) is 81.9. The van der Waals surface area contributed by atoms with Gasteiger partial charge in [-0.05, 0) is 193 Å². The molecule has 0 N–H and O–H groups in total. The van der Waals surface area contributed by atoms with Crippen LogP contribution in [0.25, 0.3) is 111 Å². The van der Waals surface area contributed by atoms with E-state index in [2.05, 4.69) is 204 Å². The number of anilines is 9. The molecule has 2 aliphatic rings. The van der Waals surface area contributed by atoms with Gasteiger partial charge in [-0.3, -0.25) is 0 Å². The summed E-state index contributed by atoms with van der Waals surface area (Å²) in [4.78, 5) is 6.78. The van der Waals surface area contributed by atoms with Crippen molar-refractivity contribution in [1.82, 2.24) is 9.13 Å². The zero-order valence-electron chi connectivity index (χ0n) is 71.2. The Morgan fingerprint density at radius 3 is 1.34 bits per heavy atom. The van der Waals surface area contributed by atoms with E-state index >= 15 is 0 Å². The largest absolute Gasteiger partial charge is 0.311 e. The molecule has 0 aliphatic carbocycles. The van der Waals surface area contributed by atoms with Crippen molar-refractivity contribution in [2.45, 2.75) is 26.2 Å². The molecule has 20 rings (SSSR count). The third-order valence-electron chi connectivity index (χ3n) is 21.1. The first-order valence-corrected chi connectivity index (χ1v) is 35.8. The highest BCUT2D eigenvalue weighted by Crippen LogP contribution is 2.54. The standard InChI is InChI=1S/C100H72BN5/c1-100(2,3)75-61-85(70-37-17-7-18-38-70)99(86(62-75)71-39-19-8-20-40-71)106-94-60-72(67-31-11-4-12-32-67)51-54-88(94)101-89-55-52-79(103-92-50-30-27-47-84(92)87-63-78(53-56-93(87)103)102(76-41-21-9-22-42-76)77-43-23-10-24-44-77)64-95(89)105(80-58-73(68-33-13-5-14-34-68)57-74(59-80)69-35-15-6-16-36-69)96-65-81(66-97(106)98(96)101)104-90-48-28-25-45-82(90)83-46-26-29-49-91(83)104/h4-66H,1-3H3/i4D,11D,12D,25D,26D,28D,29D,31D,32D,45D,46D,48D,49D. The first kappa shape index (κ1) is 50.0. The maximum Gasteiger partial charge on any atom is 0.252 e. The third-order valence-corrected chi connectivity index (χ3v) is 21.1. The Morgan fingerprint density at radius 1 is 0.292 bits per heavy atom. The highest BCUT2D eigenvalue weighted by Gasteiger charge is 2.46. The molecule has 18 aromatic rings. The van der Waals surface area contributed by atoms with E-state index in [9.17, 15) is 16.4 Å². The highest BCUT2D eigenvalue weighted by molar-refractivity contribution is 7.00. The minimum atomic E-state index is -0.731. The molecule has 0 fully saturated rings. The van der Waals surface area contributed by atoms with Gasteiger partial charge in [0.25, 0.3) is 6.71 Å². The topological polar surface area (TPSA) is 19.6 Å². The quantitative estimate of drug-likeness (QED) is 0.114. The lowest BCUT2D eigenvalue weighted by Gasteiger charge is -2.45. The fourth-order valence-electron chi connectivity index (χ4n) is 16.3. The van der Waals surface area contributed by atoms with Gasteiger partial charge in [-0.1, -0.05) is 281 Å². The van der Waals surface area contributed by atoms with E-state index in [0.717, 1.165) is 122 Å². The molecule has 0 atom stereocenters. The molecule has 106 heavy (non-hydrogen) atoms. The average molecular weight is 1370 g/mol. The molecule has 2 aliphatic heterocycles. The lowest BCUT2D eigenvalue weighted by atomic mass is 9.33. The molecule has 0 amide bonds. The summed E-state index contributed by atoms with van der Waals surface area (Å²) in [7, 11) is 0. The molecule has 16 aromatic carbocycles. The van der Waals surface area contributed by atoms with Gasteiger partial charge in [-0.15, -0.1) is 0 Å². The van der Waals surface area contributed by atoms with Crippen molar-refractivity contribution in [2.24, 2.45) is 0 Å². The molecule has 4 heterocycles. The van der Waals surface area contributed by atoms with Crippen molar-refractivity contribution < 1.29 is 17.8 Å². The first-order valence-electron chi connectivity index (χ1n) is 42.3. The van der Waals surface area contributed by atoms with Crippen LogP contribution >= 0.6 is 0 Å². The number of hydrogen-bond acceptors (Lipinski definition) is 3. The Kier molecular flexibility index (Phi) is 11.9. The normalized spacial score (nSPS) is 14.1. The number of nitrogens with zero attached hydrogens (tertiary/aromatic N) is 5. The predicted octanol–water partition coefficient (Wildman–Crippen LogP) is 25.1. The van der Waals surface area contributed by atoms with E-state index in [0.29, 0.717) is 28.3 Å². The zero-order valence-corrected chi connectivity index (χ0v) is 58.2. The van der Waals surface area contributed by atoms with Crippen LogP contribution in [0, 0.1) is 0 Å². The van der Waals surface area contributed by atoms with Crippen LogP contribution in [0.2, 0.25) is 0 Å². The molecule has 2 aromatic heterocycles. The van der Waals surface area contributed by atoms with Crippen LogP contribution in [0.15, 0.2) is 382 Å². The van der Waals surface area contributed by atoms with E-state index in [1.165, 1.54) is 0 Å². The molecule has 0 radical (unpaired) electrons. The van der Waals surface area contributed by atoms with E-state index in [4.69, 9.17) is 1.37 Å². The maximum atomic E-state index is 10.2. The molecule has 500 valence electrons. The first-order chi connectivity index (χ1) is 57.6. The van der Waals surface area contributed by atoms with Crippen molar-refractivity contribution in [3.05, 3.63) is 387 Å². The van der Waals surface area contributed by atoms with Gasteiger partial charge in [0.2, 0.25) is 0 Å². The van der Waals surface area contributed by atoms with E-state index < -0.39 is 90.7 Å². The number of benzene rings is 16. The SMILES string of the molecule is [2H]c1c([2H])c([2H])c(-c2ccc3c(c2)N(c2c(-c4ccccc4)cc(C(C)(C)C)cc2-c2ccccc2)c2cc(-n4c5c([2H])c([2H])c([2H])c([2H])c5c5c([2H])c([2H])c([2H])c([2H])c54)cc4c2B3c2ccc(-n3c5ccccc5c5cc(N(c6ccccc6)c6ccccc6)ccc53)cc2N4c2cc(-c3ccccc3)cc(-c3ccccc3)c2)c([2H])c1[2H]. The summed E-state index contributed by atoms with van der Waals surface area (Å²) in [6, 6.07) is 97.6. The second-order valence-corrected chi connectivity index (χ2v) is 28.3. The van der Waals surface area contributed by atoms with Gasteiger partial charge >= 0.3 is 0 Å². The minimum absolute atomic E-state index is 0.0132. The summed E-state index contributed by atoms with van der Waals surface area (Å²) in [6.45, 7) is 5.83. The van der Waals surface area contributed by atoms with Gasteiger partial charge in [0.05, 0.1) is 51.3 Å². The second-order valence-electron chi connectivity index (χ2n) is 28.3. The van der Waals surface area contributed by atoms with Gasteiger partial charge in [0, 0.05) is 83.9 Å². The Balaban J connectivity index is 0.982. The van der Waals surface area contributed by atoms with Crippen LogP contribution in [0.1, 0.15) is 44.2 Å². The minimum Gasteiger partial charge on any atom is -0.311 e. The monoisotopic (exact) mass is 1370 g/mol. The number of aromatic nitrogens is 2. The molecule has 0 saturated heterocycles. The van der Waals surface area contributed by atoms with Crippen molar-refractivity contribution >= 4 is 118 Å². The Labute approximate surface area is 637 Å². The molecule has 0 bridgehead atoms. The van der Waals surface area contributed by atoms with Crippen LogP contribution in [0.4, 0.5) is 51.2 Å². The van der Waals surface area contributed by atoms with Crippen LogP contribution in [-0.4, -0.2) is 15.8 Å². The molecule has 6 heteroatoms. The second kappa shape index (κ2) is 25.2. The molecule has 0 spiro atoms. The predicted molar refractivity (Wildman–Crippen MR) is 450 cm³/mol. The summed E-state index contributed by atoms with van der Waals surface area (Å²) in [5.41, 5.74) is 19.9. The Bertz CT molecular complexity index is 7000. The summed E-state index contributed by atoms with van der Waals surface area (Å²) >= 11 is 0. The van der Waals surface area contributed by atoms with Crippen LogP contribution in [-0.2, 0) is 5.41 Å². The molecular formula is C100H72BN5. The lowest BCUT2D eigenvalue weighted by Crippen LogP contribution is -2.61. The third kappa shape index (κ3) is 10.4. The van der Waals surface area contributed by atoms with Gasteiger partial charge in [0.15, 0.2) is 0 Å². The molecular weight excluding hydrogens is 1280 g/mol. The Morgan fingerprint density at radius 2 is 0.764 bits per heavy atom. The van der Waals surface area contributed by atoms with Crippen molar-refractivity contribution in [3.63, 3.8) is 0 Å². The smallest absolute Gasteiger partial charge is 0.252 e. The Hall–Kier alpha value is -13.4. The van der Waals surface area contributed by atoms with Crippen molar-refractivity contribution in [1.29, 1.82) is 0 Å². The molecule has 0 unspecified atom stereocenters. The van der Waals surface area contributed by atoms with Crippen molar-refractivity contribution in [3.8, 4) is 67.0 Å². The molecule has 0 saturated carbocycles. The number of fused-ring (bicyclic) bond motifs is 10. The summed E-state index contributed by atoms with van der Waals surface area (Å²) < 4.78 is 128. The van der Waals surface area contributed by atoms with Gasteiger partial charge in [-0.25, -0.2) is 0 Å². The summed E-state index contributed by atoms with van der Waals surface area (Å²) in [5, 5.41) is 1.83. The van der Waals surface area contributed by atoms with Crippen LogP contribution in [0.5, 0.6) is 0 Å². The van der Waals surface area contributed by atoms with Crippen LogP contribution < -0.4 is 31.1 Å². The fraction of sp³-hybridized carbons (Fsp3) is 0.0400. The van der Waals surface area contributed by atoms with Gasteiger partial charge < -0.3 is 23.8 Å².